The van der Waals surface area contributed by atoms with Crippen LogP contribution < -0.4 is 24.8 Å². The molecule has 0 amide bonds. The van der Waals surface area contributed by atoms with Gasteiger partial charge in [-0.2, -0.15) is 17.2 Å². The molecule has 0 N–H and O–H groups in total. The SMILES string of the molecule is C1=CCC2CC[CH-]C2=C1.CC1=[C-]C2=CC=CCCC2=C1.[Cl-].[Cl-].[Zr+4]. The Kier molecular flexibility index (Phi) is 11.2. The van der Waals surface area contributed by atoms with Crippen molar-refractivity contribution in [2.75, 3.05) is 0 Å². The Morgan fingerprint density at radius 2 is 1.91 bits per heavy atom. The van der Waals surface area contributed by atoms with Crippen LogP contribution in [0.2, 0.25) is 0 Å². The second-order valence-corrected chi connectivity index (χ2v) is 5.83. The van der Waals surface area contributed by atoms with E-state index in [2.05, 4.69) is 62.0 Å². The summed E-state index contributed by atoms with van der Waals surface area (Å²) < 4.78 is 0. The summed E-state index contributed by atoms with van der Waals surface area (Å²) in [6.07, 6.45) is 27.4. The molecule has 0 aliphatic heterocycles. The van der Waals surface area contributed by atoms with Gasteiger partial charge in [-0.05, 0) is 18.8 Å². The summed E-state index contributed by atoms with van der Waals surface area (Å²) in [6, 6.07) is 0. The van der Waals surface area contributed by atoms with E-state index in [1.165, 1.54) is 48.8 Å². The molecular formula is C20H22Cl2Zr. The zero-order chi connectivity index (χ0) is 13.8. The Morgan fingerprint density at radius 1 is 1.13 bits per heavy atom. The summed E-state index contributed by atoms with van der Waals surface area (Å²) in [5.41, 5.74) is 5.59. The average molecular weight is 425 g/mol. The monoisotopic (exact) mass is 422 g/mol. The molecule has 0 radical (unpaired) electrons. The number of hydrogen-bond acceptors (Lipinski definition) is 0. The molecule has 1 unspecified atom stereocenters. The third-order valence-corrected chi connectivity index (χ3v) is 4.26. The fourth-order valence-corrected chi connectivity index (χ4v) is 3.19. The van der Waals surface area contributed by atoms with Gasteiger partial charge in [0.1, 0.15) is 0 Å². The third kappa shape index (κ3) is 6.30. The summed E-state index contributed by atoms with van der Waals surface area (Å²) in [6.45, 7) is 2.10. The maximum absolute atomic E-state index is 3.33. The molecule has 4 rings (SSSR count). The Balaban J connectivity index is 0.000000377. The molecule has 0 nitrogen and oxygen atoms in total. The van der Waals surface area contributed by atoms with Gasteiger partial charge in [-0.3, -0.25) is 0 Å². The first-order valence-electron chi connectivity index (χ1n) is 7.71. The number of fused-ring (bicyclic) bond motifs is 2. The quantitative estimate of drug-likeness (QED) is 0.458. The van der Waals surface area contributed by atoms with E-state index in [-0.39, 0.29) is 51.0 Å². The molecule has 0 aromatic rings. The van der Waals surface area contributed by atoms with Crippen LogP contribution in [0.15, 0.2) is 64.8 Å². The van der Waals surface area contributed by atoms with E-state index in [0.717, 1.165) is 5.92 Å². The minimum Gasteiger partial charge on any atom is -1.00 e. The van der Waals surface area contributed by atoms with Crippen LogP contribution in [0.4, 0.5) is 0 Å². The Hall–Kier alpha value is -0.227. The van der Waals surface area contributed by atoms with Crippen molar-refractivity contribution in [1.82, 2.24) is 0 Å². The predicted octanol–water partition coefficient (Wildman–Crippen LogP) is -0.555. The first kappa shape index (κ1) is 22.8. The van der Waals surface area contributed by atoms with E-state index in [1.54, 1.807) is 5.57 Å². The second-order valence-electron chi connectivity index (χ2n) is 5.83. The van der Waals surface area contributed by atoms with Gasteiger partial charge in [0, 0.05) is 0 Å². The molecule has 0 saturated heterocycles. The zero-order valence-electron chi connectivity index (χ0n) is 13.5. The van der Waals surface area contributed by atoms with Crippen LogP contribution in [0.25, 0.3) is 0 Å². The van der Waals surface area contributed by atoms with Crippen molar-refractivity contribution >= 4 is 0 Å². The van der Waals surface area contributed by atoms with Crippen molar-refractivity contribution in [2.45, 2.75) is 39.0 Å². The summed E-state index contributed by atoms with van der Waals surface area (Å²) in [5, 5.41) is 0. The van der Waals surface area contributed by atoms with Crippen molar-refractivity contribution in [3.8, 4) is 0 Å². The molecular weight excluding hydrogens is 402 g/mol. The molecule has 4 aliphatic carbocycles. The minimum absolute atomic E-state index is 0. The van der Waals surface area contributed by atoms with Gasteiger partial charge in [-0.15, -0.1) is 42.4 Å². The maximum atomic E-state index is 3.33. The molecule has 1 saturated carbocycles. The number of hydrogen-bond donors (Lipinski definition) is 0. The third-order valence-electron chi connectivity index (χ3n) is 4.26. The standard InChI is InChI=1S/C11H11.C9H11.2ClH.Zr/c1-9-7-10-5-3-2-4-6-11(10)8-9;1-2-5-9-7-3-6-8(9)4-1;;;/h2-3,5,8H,4,6H2,1H3;1-2,4,6,9H,3,5,7H2;2*1H;/q2*-1;;;+4/p-2. The number of halogens is 2. The van der Waals surface area contributed by atoms with E-state index in [1.807, 2.05) is 0 Å². The number of allylic oxidation sites excluding steroid dienone is 12. The van der Waals surface area contributed by atoms with Crippen LogP contribution in [0.3, 0.4) is 0 Å². The van der Waals surface area contributed by atoms with Gasteiger partial charge in [0.25, 0.3) is 0 Å². The van der Waals surface area contributed by atoms with E-state index in [9.17, 15) is 0 Å². The van der Waals surface area contributed by atoms with Gasteiger partial charge in [0.05, 0.1) is 0 Å². The van der Waals surface area contributed by atoms with E-state index >= 15 is 0 Å². The Bertz CT molecular complexity index is 562. The predicted molar refractivity (Wildman–Crippen MR) is 85.8 cm³/mol. The molecule has 0 aromatic carbocycles. The van der Waals surface area contributed by atoms with Crippen LogP contribution in [-0.4, -0.2) is 0 Å². The summed E-state index contributed by atoms with van der Waals surface area (Å²) >= 11 is 0. The fourth-order valence-electron chi connectivity index (χ4n) is 3.19. The van der Waals surface area contributed by atoms with Crippen LogP contribution in [0.1, 0.15) is 39.0 Å². The first-order valence-corrected chi connectivity index (χ1v) is 7.71. The van der Waals surface area contributed by atoms with Crippen molar-refractivity contribution in [3.63, 3.8) is 0 Å². The van der Waals surface area contributed by atoms with Crippen LogP contribution in [0, 0.1) is 18.4 Å². The first-order chi connectivity index (χ1) is 9.83. The van der Waals surface area contributed by atoms with E-state index in [4.69, 9.17) is 0 Å². The molecule has 0 heterocycles. The fraction of sp³-hybridized carbons (Fsp3) is 0.350. The van der Waals surface area contributed by atoms with Gasteiger partial charge in [0.15, 0.2) is 0 Å². The molecule has 4 aliphatic rings. The average Bonchev–Trinajstić information content (AvgIpc) is 3.01. The van der Waals surface area contributed by atoms with Gasteiger partial charge in [-0.1, -0.05) is 25.8 Å². The molecule has 0 aromatic heterocycles. The molecule has 1 fully saturated rings. The largest absolute Gasteiger partial charge is 4.00 e. The summed E-state index contributed by atoms with van der Waals surface area (Å²) in [7, 11) is 0. The Labute approximate surface area is 172 Å². The maximum Gasteiger partial charge on any atom is 4.00 e. The van der Waals surface area contributed by atoms with Crippen molar-refractivity contribution < 1.29 is 51.0 Å². The van der Waals surface area contributed by atoms with Crippen molar-refractivity contribution in [2.24, 2.45) is 5.92 Å². The van der Waals surface area contributed by atoms with Gasteiger partial charge < -0.3 is 24.8 Å². The topological polar surface area (TPSA) is 0 Å². The molecule has 120 valence electrons. The molecule has 0 spiro atoms. The van der Waals surface area contributed by atoms with Gasteiger partial charge in [-0.25, -0.2) is 18.1 Å². The van der Waals surface area contributed by atoms with Crippen LogP contribution in [-0.2, 0) is 26.2 Å². The summed E-state index contributed by atoms with van der Waals surface area (Å²) in [4.78, 5) is 0. The van der Waals surface area contributed by atoms with Gasteiger partial charge >= 0.3 is 26.2 Å². The van der Waals surface area contributed by atoms with E-state index < -0.39 is 0 Å². The molecule has 0 bridgehead atoms. The normalized spacial score (nSPS) is 22.6. The van der Waals surface area contributed by atoms with Gasteiger partial charge in [0.2, 0.25) is 0 Å². The Morgan fingerprint density at radius 3 is 2.70 bits per heavy atom. The molecule has 3 heteroatoms. The minimum atomic E-state index is 0. The van der Waals surface area contributed by atoms with Crippen LogP contribution >= 0.6 is 0 Å². The molecule has 23 heavy (non-hydrogen) atoms. The van der Waals surface area contributed by atoms with Crippen molar-refractivity contribution in [1.29, 1.82) is 0 Å². The molecule has 1 atom stereocenters. The second kappa shape index (κ2) is 11.3. The number of rotatable bonds is 0. The van der Waals surface area contributed by atoms with Crippen LogP contribution in [0.5, 0.6) is 0 Å². The summed E-state index contributed by atoms with van der Waals surface area (Å²) in [5.74, 6) is 0.884. The van der Waals surface area contributed by atoms with E-state index in [0.29, 0.717) is 0 Å². The smallest absolute Gasteiger partial charge is 1.00 e. The zero-order valence-corrected chi connectivity index (χ0v) is 17.5. The van der Waals surface area contributed by atoms with Crippen molar-refractivity contribution in [3.05, 3.63) is 77.3 Å².